The lowest BCUT2D eigenvalue weighted by atomic mass is 10.1. The molecule has 0 bridgehead atoms. The molecule has 1 atom stereocenters. The number of nitrogens with one attached hydrogen (secondary N) is 1. The second-order valence-electron chi connectivity index (χ2n) is 3.72. The molecule has 0 aromatic rings. The first-order chi connectivity index (χ1) is 5.52. The third kappa shape index (κ3) is 5.98. The summed E-state index contributed by atoms with van der Waals surface area (Å²) in [5.74, 6) is 0. The Labute approximate surface area is 84.2 Å². The molecule has 0 aromatic heterocycles. The highest BCUT2D eigenvalue weighted by molar-refractivity contribution is 9.09. The van der Waals surface area contributed by atoms with E-state index in [2.05, 4.69) is 42.0 Å². The maximum atomic E-state index is 5.30. The Morgan fingerprint density at radius 2 is 2.08 bits per heavy atom. The van der Waals surface area contributed by atoms with E-state index < -0.39 is 0 Å². The van der Waals surface area contributed by atoms with E-state index in [1.807, 2.05) is 0 Å². The van der Waals surface area contributed by atoms with Gasteiger partial charge in [0.1, 0.15) is 0 Å². The Morgan fingerprint density at radius 3 is 2.50 bits per heavy atom. The van der Waals surface area contributed by atoms with Gasteiger partial charge in [-0.2, -0.15) is 0 Å². The monoisotopic (exact) mass is 237 g/mol. The van der Waals surface area contributed by atoms with Crippen LogP contribution >= 0.6 is 15.9 Å². The van der Waals surface area contributed by atoms with Crippen molar-refractivity contribution in [3.05, 3.63) is 0 Å². The summed E-state index contributed by atoms with van der Waals surface area (Å²) in [6.45, 7) is 7.38. The van der Waals surface area contributed by atoms with Crippen molar-refractivity contribution >= 4 is 15.9 Å². The topological polar surface area (TPSA) is 21.3 Å². The van der Waals surface area contributed by atoms with E-state index >= 15 is 0 Å². The molecule has 74 valence electrons. The fourth-order valence-electron chi connectivity index (χ4n) is 0.776. The number of halogens is 1. The average Bonchev–Trinajstić information content (AvgIpc) is 2.04. The molecule has 0 aliphatic rings. The minimum Gasteiger partial charge on any atom is -0.379 e. The van der Waals surface area contributed by atoms with Gasteiger partial charge in [0.05, 0.1) is 5.60 Å². The summed E-state index contributed by atoms with van der Waals surface area (Å²) in [5, 5.41) is 4.40. The fraction of sp³-hybridized carbons (Fsp3) is 1.00. The normalized spacial score (nSPS) is 14.8. The summed E-state index contributed by atoms with van der Waals surface area (Å²) in [6, 6.07) is 0.539. The average molecular weight is 238 g/mol. The Hall–Kier alpha value is 0.400. The van der Waals surface area contributed by atoms with Gasteiger partial charge in [0.15, 0.2) is 0 Å². The van der Waals surface area contributed by atoms with Crippen LogP contribution in [0.25, 0.3) is 0 Å². The van der Waals surface area contributed by atoms with Gasteiger partial charge in [0, 0.05) is 18.5 Å². The maximum Gasteiger partial charge on any atom is 0.0634 e. The largest absolute Gasteiger partial charge is 0.379 e. The summed E-state index contributed by atoms with van der Waals surface area (Å²) in [4.78, 5) is 0. The third-order valence-corrected chi connectivity index (χ3v) is 2.98. The van der Waals surface area contributed by atoms with Crippen LogP contribution in [0.2, 0.25) is 0 Å². The molecule has 1 unspecified atom stereocenters. The van der Waals surface area contributed by atoms with Crippen molar-refractivity contribution in [1.82, 2.24) is 5.32 Å². The molecule has 3 heteroatoms. The smallest absolute Gasteiger partial charge is 0.0634 e. The van der Waals surface area contributed by atoms with Gasteiger partial charge in [0.2, 0.25) is 0 Å². The van der Waals surface area contributed by atoms with Crippen LogP contribution in [0.1, 0.15) is 27.2 Å². The van der Waals surface area contributed by atoms with Gasteiger partial charge in [-0.05, 0) is 33.7 Å². The zero-order valence-corrected chi connectivity index (χ0v) is 10.1. The van der Waals surface area contributed by atoms with Gasteiger partial charge < -0.3 is 10.1 Å². The highest BCUT2D eigenvalue weighted by Crippen LogP contribution is 2.11. The highest BCUT2D eigenvalue weighted by Gasteiger charge is 2.15. The van der Waals surface area contributed by atoms with Crippen molar-refractivity contribution in [3.8, 4) is 0 Å². The van der Waals surface area contributed by atoms with E-state index in [-0.39, 0.29) is 5.60 Å². The highest BCUT2D eigenvalue weighted by atomic mass is 79.9. The van der Waals surface area contributed by atoms with E-state index in [9.17, 15) is 0 Å². The lowest BCUT2D eigenvalue weighted by Gasteiger charge is -2.23. The second kappa shape index (κ2) is 5.95. The van der Waals surface area contributed by atoms with Crippen LogP contribution in [0.3, 0.4) is 0 Å². The van der Waals surface area contributed by atoms with E-state index in [0.29, 0.717) is 6.04 Å². The molecule has 0 heterocycles. The quantitative estimate of drug-likeness (QED) is 0.716. The minimum absolute atomic E-state index is 0.000959. The molecule has 0 rings (SSSR count). The Morgan fingerprint density at radius 1 is 1.50 bits per heavy atom. The Balaban J connectivity index is 3.42. The number of rotatable bonds is 6. The van der Waals surface area contributed by atoms with Crippen LogP contribution in [-0.4, -0.2) is 30.6 Å². The van der Waals surface area contributed by atoms with Crippen LogP contribution in [0.5, 0.6) is 0 Å². The standard InChI is InChI=1S/C9H20BrNO/c1-8(7-10)11-6-5-9(2,3)12-4/h8,11H,5-7H2,1-4H3. The van der Waals surface area contributed by atoms with Crippen LogP contribution in [-0.2, 0) is 4.74 Å². The maximum absolute atomic E-state index is 5.30. The number of methoxy groups -OCH3 is 1. The summed E-state index contributed by atoms with van der Waals surface area (Å²) in [5.41, 5.74) is -0.000959. The van der Waals surface area contributed by atoms with Gasteiger partial charge in [-0.3, -0.25) is 0 Å². The minimum atomic E-state index is -0.000959. The van der Waals surface area contributed by atoms with Crippen molar-refractivity contribution in [1.29, 1.82) is 0 Å². The predicted octanol–water partition coefficient (Wildman–Crippen LogP) is 2.17. The SMILES string of the molecule is COC(C)(C)CCNC(C)CBr. The number of hydrogen-bond donors (Lipinski definition) is 1. The molecule has 0 aromatic carbocycles. The van der Waals surface area contributed by atoms with Crippen molar-refractivity contribution in [2.24, 2.45) is 0 Å². The summed E-state index contributed by atoms with van der Waals surface area (Å²) in [7, 11) is 1.76. The Bertz CT molecular complexity index is 117. The van der Waals surface area contributed by atoms with E-state index in [1.54, 1.807) is 7.11 Å². The lowest BCUT2D eigenvalue weighted by molar-refractivity contribution is 0.0156. The molecule has 0 saturated heterocycles. The van der Waals surface area contributed by atoms with Gasteiger partial charge >= 0.3 is 0 Å². The summed E-state index contributed by atoms with van der Waals surface area (Å²) in [6.07, 6.45) is 1.04. The molecule has 1 N–H and O–H groups in total. The van der Waals surface area contributed by atoms with Crippen LogP contribution in [0.4, 0.5) is 0 Å². The van der Waals surface area contributed by atoms with Gasteiger partial charge in [0.25, 0.3) is 0 Å². The number of ether oxygens (including phenoxy) is 1. The molecule has 0 amide bonds. The number of hydrogen-bond acceptors (Lipinski definition) is 2. The second-order valence-corrected chi connectivity index (χ2v) is 4.37. The third-order valence-electron chi connectivity index (χ3n) is 2.00. The lowest BCUT2D eigenvalue weighted by Crippen LogP contribution is -2.34. The zero-order valence-electron chi connectivity index (χ0n) is 8.48. The summed E-state index contributed by atoms with van der Waals surface area (Å²) >= 11 is 3.42. The Kier molecular flexibility index (Phi) is 6.14. The molecular formula is C9H20BrNO. The first-order valence-corrected chi connectivity index (χ1v) is 5.48. The molecule has 0 aliphatic carbocycles. The van der Waals surface area contributed by atoms with E-state index in [4.69, 9.17) is 4.74 Å². The van der Waals surface area contributed by atoms with Crippen LogP contribution in [0, 0.1) is 0 Å². The fourth-order valence-corrected chi connectivity index (χ4v) is 1.01. The van der Waals surface area contributed by atoms with Crippen molar-refractivity contribution in [2.45, 2.75) is 38.8 Å². The molecule has 12 heavy (non-hydrogen) atoms. The van der Waals surface area contributed by atoms with Crippen molar-refractivity contribution in [3.63, 3.8) is 0 Å². The van der Waals surface area contributed by atoms with Gasteiger partial charge in [-0.25, -0.2) is 0 Å². The molecule has 0 aliphatic heterocycles. The summed E-state index contributed by atoms with van der Waals surface area (Å²) < 4.78 is 5.30. The van der Waals surface area contributed by atoms with Crippen molar-refractivity contribution in [2.75, 3.05) is 19.0 Å². The van der Waals surface area contributed by atoms with Crippen molar-refractivity contribution < 1.29 is 4.74 Å². The molecule has 0 radical (unpaired) electrons. The number of alkyl halides is 1. The van der Waals surface area contributed by atoms with Crippen LogP contribution < -0.4 is 5.32 Å². The van der Waals surface area contributed by atoms with Gasteiger partial charge in [-0.1, -0.05) is 15.9 Å². The zero-order chi connectivity index (χ0) is 9.61. The molecule has 0 saturated carbocycles. The van der Waals surface area contributed by atoms with Gasteiger partial charge in [-0.15, -0.1) is 0 Å². The van der Waals surface area contributed by atoms with E-state index in [1.165, 1.54) is 0 Å². The first kappa shape index (κ1) is 12.4. The molecule has 0 fully saturated rings. The molecular weight excluding hydrogens is 218 g/mol. The molecule has 0 spiro atoms. The van der Waals surface area contributed by atoms with Crippen LogP contribution in [0.15, 0.2) is 0 Å². The molecule has 2 nitrogen and oxygen atoms in total. The first-order valence-electron chi connectivity index (χ1n) is 4.36. The predicted molar refractivity (Wildman–Crippen MR) is 57.0 cm³/mol. The van der Waals surface area contributed by atoms with E-state index in [0.717, 1.165) is 18.3 Å².